The lowest BCUT2D eigenvalue weighted by Gasteiger charge is -2.31. The number of hydrogen-bond acceptors (Lipinski definition) is 1. The van der Waals surface area contributed by atoms with E-state index in [1.165, 1.54) is 5.57 Å². The van der Waals surface area contributed by atoms with Gasteiger partial charge in [0.2, 0.25) is 0 Å². The van der Waals surface area contributed by atoms with E-state index in [9.17, 15) is 4.79 Å². The number of ketones is 1. The van der Waals surface area contributed by atoms with Gasteiger partial charge in [-0.2, -0.15) is 0 Å². The molecule has 0 spiro atoms. The number of allylic oxidation sites excluding steroid dienone is 2. The topological polar surface area (TPSA) is 17.1 Å². The molecular weight excluding hydrogens is 136 g/mol. The van der Waals surface area contributed by atoms with Gasteiger partial charge in [0.15, 0.2) is 0 Å². The number of carbonyl (C=O) groups is 1. The Labute approximate surface area is 68.5 Å². The Kier molecular flexibility index (Phi) is 2.48. The van der Waals surface area contributed by atoms with Crippen LogP contribution in [-0.4, -0.2) is 5.78 Å². The molecule has 0 aromatic carbocycles. The van der Waals surface area contributed by atoms with Crippen LogP contribution in [0.1, 0.15) is 33.6 Å². The van der Waals surface area contributed by atoms with Crippen molar-refractivity contribution in [3.8, 4) is 0 Å². The van der Waals surface area contributed by atoms with Crippen LogP contribution in [0.5, 0.6) is 0 Å². The fraction of sp³-hybridized carbons (Fsp3) is 0.700. The highest BCUT2D eigenvalue weighted by Crippen LogP contribution is 2.35. The molecule has 0 N–H and O–H groups in total. The molecule has 0 atom stereocenters. The van der Waals surface area contributed by atoms with Crippen molar-refractivity contribution in [3.05, 3.63) is 11.6 Å². The minimum Gasteiger partial charge on any atom is -0.300 e. The van der Waals surface area contributed by atoms with Gasteiger partial charge in [0, 0.05) is 5.92 Å². The Hall–Kier alpha value is -0.590. The Morgan fingerprint density at radius 2 is 1.82 bits per heavy atom. The molecule has 1 nitrogen and oxygen atoms in total. The minimum absolute atomic E-state index is 0.364. The van der Waals surface area contributed by atoms with Gasteiger partial charge in [-0.25, -0.2) is 0 Å². The van der Waals surface area contributed by atoms with E-state index in [0.29, 0.717) is 17.6 Å². The summed E-state index contributed by atoms with van der Waals surface area (Å²) in [5, 5.41) is 0. The molecule has 0 heterocycles. The van der Waals surface area contributed by atoms with Crippen LogP contribution >= 0.6 is 0 Å². The largest absolute Gasteiger partial charge is 0.300 e. The van der Waals surface area contributed by atoms with Crippen molar-refractivity contribution in [1.29, 1.82) is 0 Å². The lowest BCUT2D eigenvalue weighted by atomic mass is 9.72. The summed E-state index contributed by atoms with van der Waals surface area (Å²) < 4.78 is 0. The summed E-state index contributed by atoms with van der Waals surface area (Å²) in [4.78, 5) is 10.8. The van der Waals surface area contributed by atoms with Crippen LogP contribution in [-0.2, 0) is 4.79 Å². The van der Waals surface area contributed by atoms with Gasteiger partial charge in [-0.05, 0) is 39.5 Å². The maximum absolute atomic E-state index is 10.8. The fourth-order valence-corrected chi connectivity index (χ4v) is 1.60. The average Bonchev–Trinajstić information content (AvgIpc) is 1.75. The summed E-state index contributed by atoms with van der Waals surface area (Å²) in [6.45, 7) is 5.92. The molecular formula is C10H16O. The van der Waals surface area contributed by atoms with Gasteiger partial charge in [-0.15, -0.1) is 0 Å². The van der Waals surface area contributed by atoms with Gasteiger partial charge in [0.25, 0.3) is 0 Å². The highest BCUT2D eigenvalue weighted by atomic mass is 16.1. The molecule has 1 rings (SSSR count). The third-order valence-electron chi connectivity index (χ3n) is 2.32. The van der Waals surface area contributed by atoms with Crippen molar-refractivity contribution in [1.82, 2.24) is 0 Å². The van der Waals surface area contributed by atoms with Crippen molar-refractivity contribution < 1.29 is 4.79 Å². The summed E-state index contributed by atoms with van der Waals surface area (Å²) in [6.07, 6.45) is 4.44. The van der Waals surface area contributed by atoms with Crippen LogP contribution < -0.4 is 0 Å². The molecule has 0 unspecified atom stereocenters. The van der Waals surface area contributed by atoms with Crippen LogP contribution in [0.3, 0.4) is 0 Å². The first-order chi connectivity index (χ1) is 5.09. The molecule has 1 aliphatic carbocycles. The van der Waals surface area contributed by atoms with Crippen molar-refractivity contribution in [2.45, 2.75) is 33.6 Å². The first kappa shape index (κ1) is 8.51. The Balaban J connectivity index is 2.30. The molecule has 0 aromatic rings. The highest BCUT2D eigenvalue weighted by molar-refractivity contribution is 5.79. The molecule has 0 radical (unpaired) electrons. The first-order valence-electron chi connectivity index (χ1n) is 4.25. The summed E-state index contributed by atoms with van der Waals surface area (Å²) in [5.41, 5.74) is 1.37. The zero-order chi connectivity index (χ0) is 8.43. The van der Waals surface area contributed by atoms with Gasteiger partial charge in [0.1, 0.15) is 5.78 Å². The van der Waals surface area contributed by atoms with E-state index < -0.39 is 0 Å². The molecule has 1 aliphatic rings. The third kappa shape index (κ3) is 2.18. The Morgan fingerprint density at radius 3 is 2.18 bits per heavy atom. The monoisotopic (exact) mass is 152 g/mol. The van der Waals surface area contributed by atoms with E-state index in [-0.39, 0.29) is 0 Å². The maximum atomic E-state index is 10.8. The van der Waals surface area contributed by atoms with Gasteiger partial charge in [0.05, 0.1) is 0 Å². The van der Waals surface area contributed by atoms with E-state index in [1.807, 2.05) is 0 Å². The van der Waals surface area contributed by atoms with Crippen LogP contribution in [0, 0.1) is 11.8 Å². The van der Waals surface area contributed by atoms with E-state index in [1.54, 1.807) is 6.92 Å². The van der Waals surface area contributed by atoms with Gasteiger partial charge < -0.3 is 0 Å². The summed E-state index contributed by atoms with van der Waals surface area (Å²) in [6, 6.07) is 0. The highest BCUT2D eigenvalue weighted by Gasteiger charge is 2.30. The predicted molar refractivity (Wildman–Crippen MR) is 46.3 cm³/mol. The molecule has 0 amide bonds. The Bertz CT molecular complexity index is 181. The van der Waals surface area contributed by atoms with E-state index >= 15 is 0 Å². The van der Waals surface area contributed by atoms with Crippen molar-refractivity contribution >= 4 is 5.78 Å². The minimum atomic E-state index is 0.364. The van der Waals surface area contributed by atoms with Crippen LogP contribution in [0.2, 0.25) is 0 Å². The Morgan fingerprint density at radius 1 is 1.27 bits per heavy atom. The molecule has 1 fully saturated rings. The second-order valence-corrected chi connectivity index (χ2v) is 3.78. The molecule has 1 heteroatoms. The SMILES string of the molecule is CC(=O)C1CC(C=C(C)C)C1. The molecule has 0 aliphatic heterocycles. The van der Waals surface area contributed by atoms with Gasteiger partial charge >= 0.3 is 0 Å². The molecule has 0 bridgehead atoms. The number of Topliss-reactive ketones (excluding diaryl/α,β-unsaturated/α-hetero) is 1. The van der Waals surface area contributed by atoms with Crippen LogP contribution in [0.15, 0.2) is 11.6 Å². The maximum Gasteiger partial charge on any atom is 0.132 e. The van der Waals surface area contributed by atoms with E-state index in [2.05, 4.69) is 19.9 Å². The average molecular weight is 152 g/mol. The second-order valence-electron chi connectivity index (χ2n) is 3.78. The van der Waals surface area contributed by atoms with Gasteiger partial charge in [-0.1, -0.05) is 11.6 Å². The molecule has 0 saturated heterocycles. The van der Waals surface area contributed by atoms with Crippen LogP contribution in [0.25, 0.3) is 0 Å². The molecule has 62 valence electrons. The number of carbonyl (C=O) groups excluding carboxylic acids is 1. The lowest BCUT2D eigenvalue weighted by molar-refractivity contribution is -0.123. The zero-order valence-electron chi connectivity index (χ0n) is 7.55. The quantitative estimate of drug-likeness (QED) is 0.556. The number of rotatable bonds is 2. The second kappa shape index (κ2) is 3.21. The van der Waals surface area contributed by atoms with Crippen LogP contribution in [0.4, 0.5) is 0 Å². The van der Waals surface area contributed by atoms with Crippen molar-refractivity contribution in [2.75, 3.05) is 0 Å². The zero-order valence-corrected chi connectivity index (χ0v) is 7.55. The fourth-order valence-electron chi connectivity index (χ4n) is 1.60. The van der Waals surface area contributed by atoms with Crippen molar-refractivity contribution in [2.24, 2.45) is 11.8 Å². The smallest absolute Gasteiger partial charge is 0.132 e. The molecule has 11 heavy (non-hydrogen) atoms. The van der Waals surface area contributed by atoms with E-state index in [0.717, 1.165) is 12.8 Å². The molecule has 0 aromatic heterocycles. The van der Waals surface area contributed by atoms with Crippen molar-refractivity contribution in [3.63, 3.8) is 0 Å². The van der Waals surface area contributed by atoms with E-state index in [4.69, 9.17) is 0 Å². The number of hydrogen-bond donors (Lipinski definition) is 0. The third-order valence-corrected chi connectivity index (χ3v) is 2.32. The lowest BCUT2D eigenvalue weighted by Crippen LogP contribution is -2.27. The molecule has 1 saturated carbocycles. The predicted octanol–water partition coefficient (Wildman–Crippen LogP) is 2.57. The summed E-state index contributed by atoms with van der Waals surface area (Å²) in [5.74, 6) is 1.42. The standard InChI is InChI=1S/C10H16O/c1-7(2)4-9-5-10(6-9)8(3)11/h4,9-10H,5-6H2,1-3H3. The summed E-state index contributed by atoms with van der Waals surface area (Å²) >= 11 is 0. The van der Waals surface area contributed by atoms with Gasteiger partial charge in [-0.3, -0.25) is 4.79 Å². The first-order valence-corrected chi connectivity index (χ1v) is 4.25. The summed E-state index contributed by atoms with van der Waals surface area (Å²) in [7, 11) is 0. The normalized spacial score (nSPS) is 29.0.